The lowest BCUT2D eigenvalue weighted by Crippen LogP contribution is -2.26. The van der Waals surface area contributed by atoms with Gasteiger partial charge in [-0.15, -0.1) is 0 Å². The van der Waals surface area contributed by atoms with Gasteiger partial charge in [0.05, 0.1) is 0 Å². The van der Waals surface area contributed by atoms with Gasteiger partial charge < -0.3 is 15.6 Å². The Labute approximate surface area is 117 Å². The second-order valence-electron chi connectivity index (χ2n) is 4.53. The van der Waals surface area contributed by atoms with Crippen LogP contribution in [0.3, 0.4) is 0 Å². The predicted octanol–water partition coefficient (Wildman–Crippen LogP) is 1.25. The summed E-state index contributed by atoms with van der Waals surface area (Å²) in [5.74, 6) is 1.13. The highest BCUT2D eigenvalue weighted by Crippen LogP contribution is 2.12. The molecule has 0 fully saturated rings. The largest absolute Gasteiger partial charge is 0.399 e. The Balaban J connectivity index is 1.69. The number of nitrogens with two attached hydrogens (primary N) is 1. The predicted molar refractivity (Wildman–Crippen MR) is 74.9 cm³/mol. The van der Waals surface area contributed by atoms with E-state index in [-0.39, 0.29) is 5.91 Å². The molecule has 0 atom stereocenters. The fourth-order valence-corrected chi connectivity index (χ4v) is 1.86. The zero-order chi connectivity index (χ0) is 14.4. The van der Waals surface area contributed by atoms with Gasteiger partial charge in [0.2, 0.25) is 11.8 Å². The molecule has 2 rings (SSSR count). The lowest BCUT2D eigenvalue weighted by atomic mass is 10.1. The van der Waals surface area contributed by atoms with E-state index in [1.807, 2.05) is 24.3 Å². The number of hydrogen-bond donors (Lipinski definition) is 2. The van der Waals surface area contributed by atoms with Crippen LogP contribution in [0.4, 0.5) is 5.69 Å². The van der Waals surface area contributed by atoms with Crippen LogP contribution in [0.2, 0.25) is 0 Å². The number of carbonyl (C=O) groups excluding carboxylic acids is 1. The molecule has 6 heteroatoms. The number of anilines is 1. The molecule has 1 amide bonds. The third-order valence-corrected chi connectivity index (χ3v) is 2.92. The highest BCUT2D eigenvalue weighted by Gasteiger charge is 2.06. The number of rotatable bonds is 6. The lowest BCUT2D eigenvalue weighted by molar-refractivity contribution is -0.121. The molecule has 1 heterocycles. The van der Waals surface area contributed by atoms with E-state index in [1.165, 1.54) is 0 Å². The van der Waals surface area contributed by atoms with Crippen molar-refractivity contribution < 1.29 is 9.32 Å². The molecule has 2 aromatic rings. The Morgan fingerprint density at radius 1 is 1.35 bits per heavy atom. The van der Waals surface area contributed by atoms with Gasteiger partial charge in [-0.1, -0.05) is 23.4 Å². The Hall–Kier alpha value is -2.37. The Morgan fingerprint density at radius 3 is 2.85 bits per heavy atom. The van der Waals surface area contributed by atoms with Gasteiger partial charge in [-0.05, 0) is 18.1 Å². The number of hydrogen-bond acceptors (Lipinski definition) is 5. The van der Waals surface area contributed by atoms with Crippen LogP contribution in [0, 0.1) is 6.92 Å². The minimum Gasteiger partial charge on any atom is -0.399 e. The van der Waals surface area contributed by atoms with Crippen molar-refractivity contribution in [3.05, 3.63) is 41.5 Å². The standard InChI is InChI=1S/C14H18N4O2/c1-10-17-13(18-20-10)8-9-16-14(19)7-6-11-4-2-3-5-12(11)15/h2-5H,6-9,15H2,1H3,(H,16,19). The van der Waals surface area contributed by atoms with Crippen LogP contribution in [0.25, 0.3) is 0 Å². The molecule has 3 N–H and O–H groups in total. The summed E-state index contributed by atoms with van der Waals surface area (Å²) >= 11 is 0. The molecule has 6 nitrogen and oxygen atoms in total. The van der Waals surface area contributed by atoms with Crippen molar-refractivity contribution in [1.82, 2.24) is 15.5 Å². The van der Waals surface area contributed by atoms with Crippen LogP contribution >= 0.6 is 0 Å². The van der Waals surface area contributed by atoms with Gasteiger partial charge in [0, 0.05) is 32.0 Å². The molecular formula is C14H18N4O2. The maximum absolute atomic E-state index is 11.7. The van der Waals surface area contributed by atoms with Gasteiger partial charge in [-0.3, -0.25) is 4.79 Å². The van der Waals surface area contributed by atoms with Crippen molar-refractivity contribution in [2.75, 3.05) is 12.3 Å². The third-order valence-electron chi connectivity index (χ3n) is 2.92. The summed E-state index contributed by atoms with van der Waals surface area (Å²) in [6.45, 7) is 2.24. The fourth-order valence-electron chi connectivity index (χ4n) is 1.86. The third kappa shape index (κ3) is 4.08. The van der Waals surface area contributed by atoms with E-state index in [0.717, 1.165) is 11.3 Å². The summed E-state index contributed by atoms with van der Waals surface area (Å²) in [7, 11) is 0. The summed E-state index contributed by atoms with van der Waals surface area (Å²) in [6.07, 6.45) is 1.62. The van der Waals surface area contributed by atoms with E-state index in [9.17, 15) is 4.79 Å². The van der Waals surface area contributed by atoms with E-state index < -0.39 is 0 Å². The summed E-state index contributed by atoms with van der Waals surface area (Å²) in [5, 5.41) is 6.59. The number of benzene rings is 1. The summed E-state index contributed by atoms with van der Waals surface area (Å²) in [4.78, 5) is 15.8. The smallest absolute Gasteiger partial charge is 0.223 e. The van der Waals surface area contributed by atoms with Gasteiger partial charge in [0.1, 0.15) is 0 Å². The molecule has 0 bridgehead atoms. The quantitative estimate of drug-likeness (QED) is 0.773. The summed E-state index contributed by atoms with van der Waals surface area (Å²) in [6, 6.07) is 7.57. The van der Waals surface area contributed by atoms with Crippen LogP contribution in [0.5, 0.6) is 0 Å². The molecule has 0 saturated heterocycles. The molecule has 0 aliphatic rings. The van der Waals surface area contributed by atoms with Crippen molar-refractivity contribution in [1.29, 1.82) is 0 Å². The molecule has 0 saturated carbocycles. The lowest BCUT2D eigenvalue weighted by Gasteiger charge is -2.06. The van der Waals surface area contributed by atoms with Crippen molar-refractivity contribution in [3.8, 4) is 0 Å². The first-order chi connectivity index (χ1) is 9.65. The zero-order valence-corrected chi connectivity index (χ0v) is 11.4. The topological polar surface area (TPSA) is 94.0 Å². The maximum Gasteiger partial charge on any atom is 0.223 e. The van der Waals surface area contributed by atoms with Gasteiger partial charge in [0.15, 0.2) is 5.82 Å². The van der Waals surface area contributed by atoms with Crippen LogP contribution in [-0.2, 0) is 17.6 Å². The molecule has 0 unspecified atom stereocenters. The monoisotopic (exact) mass is 274 g/mol. The number of nitrogen functional groups attached to an aromatic ring is 1. The van der Waals surface area contributed by atoms with Crippen molar-refractivity contribution in [2.24, 2.45) is 0 Å². The second-order valence-corrected chi connectivity index (χ2v) is 4.53. The number of aryl methyl sites for hydroxylation is 2. The molecule has 1 aromatic carbocycles. The summed E-state index contributed by atoms with van der Waals surface area (Å²) in [5.41, 5.74) is 7.55. The molecule has 1 aromatic heterocycles. The molecule has 106 valence electrons. The number of nitrogens with zero attached hydrogens (tertiary/aromatic N) is 2. The van der Waals surface area contributed by atoms with Gasteiger partial charge in [0.25, 0.3) is 0 Å². The van der Waals surface area contributed by atoms with Crippen molar-refractivity contribution >= 4 is 11.6 Å². The molecule has 0 aliphatic carbocycles. The van der Waals surface area contributed by atoms with E-state index in [0.29, 0.717) is 37.5 Å². The first-order valence-corrected chi connectivity index (χ1v) is 6.54. The maximum atomic E-state index is 11.7. The van der Waals surface area contributed by atoms with Gasteiger partial charge >= 0.3 is 0 Å². The molecule has 0 radical (unpaired) electrons. The first-order valence-electron chi connectivity index (χ1n) is 6.54. The molecule has 20 heavy (non-hydrogen) atoms. The highest BCUT2D eigenvalue weighted by atomic mass is 16.5. The normalized spacial score (nSPS) is 10.4. The van der Waals surface area contributed by atoms with Crippen LogP contribution in [0.15, 0.2) is 28.8 Å². The number of carbonyl (C=O) groups is 1. The van der Waals surface area contributed by atoms with E-state index in [2.05, 4.69) is 15.5 Å². The number of aromatic nitrogens is 2. The minimum absolute atomic E-state index is 0.00605. The Morgan fingerprint density at radius 2 is 2.15 bits per heavy atom. The molecule has 0 spiro atoms. The van der Waals surface area contributed by atoms with Crippen LogP contribution < -0.4 is 11.1 Å². The van der Waals surface area contributed by atoms with E-state index in [4.69, 9.17) is 10.3 Å². The Bertz CT molecular complexity index is 580. The molecular weight excluding hydrogens is 256 g/mol. The fraction of sp³-hybridized carbons (Fsp3) is 0.357. The van der Waals surface area contributed by atoms with Gasteiger partial charge in [-0.25, -0.2) is 0 Å². The number of nitrogens with one attached hydrogen (secondary N) is 1. The first kappa shape index (κ1) is 14.0. The van der Waals surface area contributed by atoms with Crippen molar-refractivity contribution in [2.45, 2.75) is 26.2 Å². The second kappa shape index (κ2) is 6.70. The summed E-state index contributed by atoms with van der Waals surface area (Å²) < 4.78 is 4.85. The van der Waals surface area contributed by atoms with Crippen LogP contribution in [-0.4, -0.2) is 22.6 Å². The average Bonchev–Trinajstić information content (AvgIpc) is 2.83. The SMILES string of the molecule is Cc1nc(CCNC(=O)CCc2ccccc2N)no1. The highest BCUT2D eigenvalue weighted by molar-refractivity contribution is 5.76. The van der Waals surface area contributed by atoms with E-state index >= 15 is 0 Å². The number of amides is 1. The van der Waals surface area contributed by atoms with Crippen molar-refractivity contribution in [3.63, 3.8) is 0 Å². The number of para-hydroxylation sites is 1. The van der Waals surface area contributed by atoms with Gasteiger partial charge in [-0.2, -0.15) is 4.98 Å². The van der Waals surface area contributed by atoms with E-state index in [1.54, 1.807) is 6.92 Å². The molecule has 0 aliphatic heterocycles. The minimum atomic E-state index is -0.00605. The van der Waals surface area contributed by atoms with Crippen LogP contribution in [0.1, 0.15) is 23.7 Å². The Kier molecular flexibility index (Phi) is 4.70. The average molecular weight is 274 g/mol. The zero-order valence-electron chi connectivity index (χ0n) is 11.4.